The fourth-order valence-electron chi connectivity index (χ4n) is 8.44. The van der Waals surface area contributed by atoms with Gasteiger partial charge in [0.1, 0.15) is 0 Å². The molecular formula is C48H31N3S. The molecule has 0 spiro atoms. The molecule has 11 rings (SSSR count). The van der Waals surface area contributed by atoms with E-state index in [4.69, 9.17) is 15.0 Å². The van der Waals surface area contributed by atoms with Crippen LogP contribution in [0.1, 0.15) is 25.0 Å². The van der Waals surface area contributed by atoms with Gasteiger partial charge in [0.2, 0.25) is 0 Å². The number of nitrogens with zero attached hydrogens (tertiary/aromatic N) is 3. The summed E-state index contributed by atoms with van der Waals surface area (Å²) in [5.74, 6) is 2.00. The van der Waals surface area contributed by atoms with E-state index in [9.17, 15) is 0 Å². The second-order valence-electron chi connectivity index (χ2n) is 14.4. The average molecular weight is 682 g/mol. The van der Waals surface area contributed by atoms with E-state index in [1.165, 1.54) is 69.4 Å². The van der Waals surface area contributed by atoms with Gasteiger partial charge in [0.15, 0.2) is 17.5 Å². The molecule has 0 fully saturated rings. The minimum atomic E-state index is -0.0616. The summed E-state index contributed by atoms with van der Waals surface area (Å²) in [4.78, 5) is 15.3. The normalized spacial score (nSPS) is 13.3. The molecule has 0 radical (unpaired) electrons. The molecule has 0 aliphatic heterocycles. The van der Waals surface area contributed by atoms with Gasteiger partial charge in [-0.1, -0.05) is 123 Å². The Balaban J connectivity index is 1.09. The highest BCUT2D eigenvalue weighted by molar-refractivity contribution is 7.25. The Morgan fingerprint density at radius 3 is 1.87 bits per heavy atom. The second kappa shape index (κ2) is 10.9. The highest BCUT2D eigenvalue weighted by atomic mass is 32.1. The van der Waals surface area contributed by atoms with Crippen molar-refractivity contribution in [2.75, 3.05) is 0 Å². The topological polar surface area (TPSA) is 38.7 Å². The first kappa shape index (κ1) is 29.5. The molecule has 0 N–H and O–H groups in total. The second-order valence-corrected chi connectivity index (χ2v) is 15.5. The van der Waals surface area contributed by atoms with E-state index in [-0.39, 0.29) is 5.41 Å². The molecule has 0 saturated carbocycles. The molecule has 0 bridgehead atoms. The summed E-state index contributed by atoms with van der Waals surface area (Å²) in [5.41, 5.74) is 8.33. The first-order valence-electron chi connectivity index (χ1n) is 17.8. The quantitative estimate of drug-likeness (QED) is 0.174. The lowest BCUT2D eigenvalue weighted by Gasteiger charge is -2.22. The predicted molar refractivity (Wildman–Crippen MR) is 219 cm³/mol. The summed E-state index contributed by atoms with van der Waals surface area (Å²) in [6, 6.07) is 54.8. The Kier molecular flexibility index (Phi) is 6.17. The van der Waals surface area contributed by atoms with Crippen molar-refractivity contribution in [1.82, 2.24) is 15.0 Å². The molecule has 244 valence electrons. The van der Waals surface area contributed by atoms with Crippen molar-refractivity contribution in [2.24, 2.45) is 0 Å². The summed E-state index contributed by atoms with van der Waals surface area (Å²) in [6.07, 6.45) is 0. The molecule has 1 aliphatic rings. The summed E-state index contributed by atoms with van der Waals surface area (Å²) >= 11 is 1.82. The zero-order chi connectivity index (χ0) is 34.6. The zero-order valence-corrected chi connectivity index (χ0v) is 29.5. The van der Waals surface area contributed by atoms with Crippen LogP contribution in [0.25, 0.3) is 97.8 Å². The van der Waals surface area contributed by atoms with Gasteiger partial charge in [-0.15, -0.1) is 11.3 Å². The summed E-state index contributed by atoms with van der Waals surface area (Å²) in [7, 11) is 0. The number of rotatable bonds is 3. The van der Waals surface area contributed by atoms with Crippen molar-refractivity contribution in [3.63, 3.8) is 0 Å². The monoisotopic (exact) mass is 681 g/mol. The molecule has 1 aliphatic carbocycles. The third-order valence-corrected chi connectivity index (χ3v) is 12.2. The van der Waals surface area contributed by atoms with Gasteiger partial charge in [-0.25, -0.2) is 15.0 Å². The van der Waals surface area contributed by atoms with Gasteiger partial charge in [0.05, 0.1) is 0 Å². The van der Waals surface area contributed by atoms with Gasteiger partial charge in [0, 0.05) is 42.3 Å². The summed E-state index contributed by atoms with van der Waals surface area (Å²) in [6.45, 7) is 4.71. The van der Waals surface area contributed by atoms with Gasteiger partial charge in [-0.2, -0.15) is 0 Å². The average Bonchev–Trinajstić information content (AvgIpc) is 3.68. The van der Waals surface area contributed by atoms with Crippen LogP contribution in [0.3, 0.4) is 0 Å². The van der Waals surface area contributed by atoms with Crippen LogP contribution in [0.15, 0.2) is 152 Å². The van der Waals surface area contributed by atoms with Gasteiger partial charge < -0.3 is 0 Å². The molecule has 0 amide bonds. The lowest BCUT2D eigenvalue weighted by atomic mass is 9.81. The summed E-state index contributed by atoms with van der Waals surface area (Å²) < 4.78 is 2.54. The Morgan fingerprint density at radius 2 is 1.04 bits per heavy atom. The third-order valence-electron chi connectivity index (χ3n) is 11.1. The lowest BCUT2D eigenvalue weighted by Crippen LogP contribution is -2.14. The lowest BCUT2D eigenvalue weighted by molar-refractivity contribution is 0.661. The van der Waals surface area contributed by atoms with Crippen LogP contribution in [0.4, 0.5) is 0 Å². The van der Waals surface area contributed by atoms with Crippen LogP contribution >= 0.6 is 11.3 Å². The molecule has 8 aromatic carbocycles. The van der Waals surface area contributed by atoms with Crippen molar-refractivity contribution >= 4 is 63.8 Å². The number of thiophene rings is 1. The third kappa shape index (κ3) is 4.34. The van der Waals surface area contributed by atoms with Crippen molar-refractivity contribution < 1.29 is 0 Å². The van der Waals surface area contributed by atoms with E-state index >= 15 is 0 Å². The number of fused-ring (bicyclic) bond motifs is 11. The van der Waals surface area contributed by atoms with E-state index in [0.717, 1.165) is 22.1 Å². The van der Waals surface area contributed by atoms with Crippen molar-refractivity contribution in [1.29, 1.82) is 0 Å². The fraction of sp³-hybridized carbons (Fsp3) is 0.0625. The maximum absolute atomic E-state index is 5.15. The van der Waals surface area contributed by atoms with E-state index in [1.807, 2.05) is 29.5 Å². The van der Waals surface area contributed by atoms with Gasteiger partial charge in [-0.3, -0.25) is 0 Å². The van der Waals surface area contributed by atoms with Gasteiger partial charge in [-0.05, 0) is 97.0 Å². The first-order chi connectivity index (χ1) is 25.5. The van der Waals surface area contributed by atoms with Crippen LogP contribution < -0.4 is 0 Å². The van der Waals surface area contributed by atoms with E-state index in [0.29, 0.717) is 17.5 Å². The molecule has 2 heterocycles. The molecule has 52 heavy (non-hydrogen) atoms. The van der Waals surface area contributed by atoms with Crippen molar-refractivity contribution in [2.45, 2.75) is 19.3 Å². The fourth-order valence-corrected chi connectivity index (χ4v) is 9.53. The number of aromatic nitrogens is 3. The zero-order valence-electron chi connectivity index (χ0n) is 28.7. The smallest absolute Gasteiger partial charge is 0.164 e. The maximum Gasteiger partial charge on any atom is 0.164 e. The Morgan fingerprint density at radius 1 is 0.404 bits per heavy atom. The molecule has 0 unspecified atom stereocenters. The highest BCUT2D eigenvalue weighted by Crippen LogP contribution is 2.50. The van der Waals surface area contributed by atoms with E-state index in [1.54, 1.807) is 0 Å². The first-order valence-corrected chi connectivity index (χ1v) is 18.6. The number of hydrogen-bond acceptors (Lipinski definition) is 4. The Bertz CT molecular complexity index is 3100. The standard InChI is InChI=1S/C48H31N3S/c1-48(2)40-14-8-6-12-35(40)38-25-31-19-17-28-16-18-30-24-32(20-22-34(30)44(28)37(31)27-41(38)48)46-49-45(29-10-4-3-5-11-29)50-47(51-46)33-21-23-43-39(26-33)36-13-7-9-15-42(36)52-43/h3-27H,1-2H3. The molecule has 2 aromatic heterocycles. The van der Waals surface area contributed by atoms with Crippen LogP contribution in [0, 0.1) is 0 Å². The Labute approximate surface area is 304 Å². The van der Waals surface area contributed by atoms with Crippen LogP contribution in [0.5, 0.6) is 0 Å². The van der Waals surface area contributed by atoms with Crippen molar-refractivity contribution in [3.05, 3.63) is 163 Å². The van der Waals surface area contributed by atoms with Gasteiger partial charge in [0.25, 0.3) is 0 Å². The predicted octanol–water partition coefficient (Wildman–Crippen LogP) is 13.0. The number of benzene rings is 8. The minimum absolute atomic E-state index is 0.0616. The van der Waals surface area contributed by atoms with E-state index in [2.05, 4.69) is 147 Å². The van der Waals surface area contributed by atoms with Gasteiger partial charge >= 0.3 is 0 Å². The molecule has 10 aromatic rings. The molecule has 3 nitrogen and oxygen atoms in total. The molecule has 4 heteroatoms. The Hall–Kier alpha value is -6.23. The largest absolute Gasteiger partial charge is 0.208 e. The van der Waals surface area contributed by atoms with Crippen molar-refractivity contribution in [3.8, 4) is 45.3 Å². The maximum atomic E-state index is 5.15. The minimum Gasteiger partial charge on any atom is -0.208 e. The highest BCUT2D eigenvalue weighted by Gasteiger charge is 2.35. The molecular weight excluding hydrogens is 651 g/mol. The number of hydrogen-bond donors (Lipinski definition) is 0. The summed E-state index contributed by atoms with van der Waals surface area (Å²) in [5, 5.41) is 9.96. The molecule has 0 atom stereocenters. The molecule has 0 saturated heterocycles. The SMILES string of the molecule is CC1(C)c2ccccc2-c2cc3ccc4ccc5cc(-c6nc(-c7ccccc7)nc(-c7ccc8sc9ccccc9c8c7)n6)ccc5c4c3cc21. The van der Waals surface area contributed by atoms with Crippen LogP contribution in [-0.4, -0.2) is 15.0 Å². The van der Waals surface area contributed by atoms with Crippen LogP contribution in [0.2, 0.25) is 0 Å². The van der Waals surface area contributed by atoms with Crippen LogP contribution in [-0.2, 0) is 5.41 Å². The van der Waals surface area contributed by atoms with E-state index < -0.39 is 0 Å².